The van der Waals surface area contributed by atoms with Crippen LogP contribution >= 0.6 is 11.3 Å². The summed E-state index contributed by atoms with van der Waals surface area (Å²) in [4.78, 5) is 65.7. The lowest BCUT2D eigenvalue weighted by Gasteiger charge is -2.30. The summed E-state index contributed by atoms with van der Waals surface area (Å²) in [5.74, 6) is -0.473. The van der Waals surface area contributed by atoms with E-state index in [4.69, 9.17) is 14.2 Å². The van der Waals surface area contributed by atoms with Crippen LogP contribution < -0.4 is 15.4 Å². The fourth-order valence-corrected chi connectivity index (χ4v) is 7.60. The molecule has 4 heterocycles. The highest BCUT2D eigenvalue weighted by Gasteiger charge is 2.62. The first-order valence-corrected chi connectivity index (χ1v) is 18.1. The first-order valence-electron chi connectivity index (χ1n) is 17.3. The first-order chi connectivity index (χ1) is 24.3. The molecule has 1 saturated heterocycles. The molecule has 5 atom stereocenters. The summed E-state index contributed by atoms with van der Waals surface area (Å²) >= 11 is 1.49. The van der Waals surface area contributed by atoms with Gasteiger partial charge in [0.25, 0.3) is 0 Å². The number of methoxy groups -OCH3 is 1. The number of nitrogens with one attached hydrogen (secondary N) is 2. The van der Waals surface area contributed by atoms with Crippen LogP contribution in [0.3, 0.4) is 0 Å². The number of alkyl carbamates (subject to hydrolysis) is 1. The Balaban J connectivity index is 1.42. The van der Waals surface area contributed by atoms with Crippen molar-refractivity contribution in [2.75, 3.05) is 13.7 Å². The molecule has 0 radical (unpaired) electrons. The van der Waals surface area contributed by atoms with Gasteiger partial charge in [-0.1, -0.05) is 25.0 Å². The van der Waals surface area contributed by atoms with Gasteiger partial charge in [0.15, 0.2) is 0 Å². The van der Waals surface area contributed by atoms with Gasteiger partial charge >= 0.3 is 12.1 Å². The number of rotatable bonds is 15. The van der Waals surface area contributed by atoms with E-state index in [0.29, 0.717) is 25.0 Å². The van der Waals surface area contributed by atoms with Gasteiger partial charge in [0.05, 0.1) is 28.7 Å². The van der Waals surface area contributed by atoms with E-state index in [1.165, 1.54) is 23.3 Å². The summed E-state index contributed by atoms with van der Waals surface area (Å²) < 4.78 is 19.8. The maximum Gasteiger partial charge on any atom is 0.408 e. The van der Waals surface area contributed by atoms with Gasteiger partial charge in [-0.25, -0.2) is 14.6 Å². The van der Waals surface area contributed by atoms with Crippen LogP contribution in [0.2, 0.25) is 0 Å². The zero-order valence-corrected chi connectivity index (χ0v) is 30.8. The number of hydrogen-bond donors (Lipinski definition) is 2. The van der Waals surface area contributed by atoms with Crippen LogP contribution in [-0.2, 0) is 30.9 Å². The molecule has 5 unspecified atom stereocenters. The largest absolute Gasteiger partial charge is 0.487 e. The number of esters is 1. The number of thiophene rings is 1. The van der Waals surface area contributed by atoms with Crippen molar-refractivity contribution in [3.05, 3.63) is 56.0 Å². The Morgan fingerprint density at radius 3 is 2.59 bits per heavy atom. The van der Waals surface area contributed by atoms with Gasteiger partial charge in [0, 0.05) is 38.0 Å². The van der Waals surface area contributed by atoms with Crippen LogP contribution in [0.1, 0.15) is 65.7 Å². The Hall–Kier alpha value is -4.72. The van der Waals surface area contributed by atoms with E-state index < -0.39 is 53.2 Å². The maximum atomic E-state index is 14.4. The molecule has 1 aliphatic carbocycles. The molecule has 2 fully saturated rings. The number of carbonyl (C=O) groups is 4. The minimum absolute atomic E-state index is 0.0669. The lowest BCUT2D eigenvalue weighted by Crippen LogP contribution is -2.56. The molecule has 5 rings (SSSR count). The Morgan fingerprint density at radius 1 is 1.16 bits per heavy atom. The minimum atomic E-state index is -1.25. The van der Waals surface area contributed by atoms with E-state index in [1.54, 1.807) is 45.3 Å². The van der Waals surface area contributed by atoms with Crippen molar-refractivity contribution in [1.29, 1.82) is 0 Å². The SMILES string of the molecule is C=CCCCCCC(NC(=O)OC(C)(C)C)C(=O)N1CC(Oc2ccnc3cc(-c4nccn4C)sc23)CC1C(=O)NC1(C(=O)OC)CC1C=C. The predicted molar refractivity (Wildman–Crippen MR) is 194 cm³/mol. The topological polar surface area (TPSA) is 154 Å². The second-order valence-corrected chi connectivity index (χ2v) is 15.2. The van der Waals surface area contributed by atoms with Crippen molar-refractivity contribution in [1.82, 2.24) is 30.1 Å². The number of pyridine rings is 1. The molecule has 2 aliphatic rings. The van der Waals surface area contributed by atoms with Crippen LogP contribution in [0.15, 0.2) is 56.0 Å². The van der Waals surface area contributed by atoms with Crippen LogP contribution in [-0.4, -0.2) is 86.3 Å². The zero-order chi connectivity index (χ0) is 36.9. The third-order valence-corrected chi connectivity index (χ3v) is 10.3. The second kappa shape index (κ2) is 15.7. The number of aromatic nitrogens is 3. The molecule has 0 aromatic carbocycles. The highest BCUT2D eigenvalue weighted by Crippen LogP contribution is 2.46. The Kier molecular flexibility index (Phi) is 11.5. The number of fused-ring (bicyclic) bond motifs is 1. The van der Waals surface area contributed by atoms with Crippen LogP contribution in [0.5, 0.6) is 5.75 Å². The number of nitrogens with zero attached hydrogens (tertiary/aromatic N) is 4. The fraction of sp³-hybridized carbons (Fsp3) is 0.514. The van der Waals surface area contributed by atoms with Crippen molar-refractivity contribution < 1.29 is 33.4 Å². The molecule has 1 aliphatic heterocycles. The maximum absolute atomic E-state index is 14.4. The number of carbonyl (C=O) groups excluding carboxylic acids is 4. The van der Waals surface area contributed by atoms with Gasteiger partial charge in [-0.15, -0.1) is 24.5 Å². The minimum Gasteiger partial charge on any atom is -0.487 e. The van der Waals surface area contributed by atoms with Crippen molar-refractivity contribution >= 4 is 45.4 Å². The molecular weight excluding hydrogens is 673 g/mol. The molecule has 3 aromatic rings. The molecule has 1 saturated carbocycles. The van der Waals surface area contributed by atoms with E-state index in [2.05, 4.69) is 33.8 Å². The third-order valence-electron chi connectivity index (χ3n) is 9.14. The summed E-state index contributed by atoms with van der Waals surface area (Å²) in [6.07, 6.45) is 11.4. The quantitative estimate of drug-likeness (QED) is 0.121. The average Bonchev–Trinajstić information content (AvgIpc) is 3.41. The number of aryl methyl sites for hydroxylation is 1. The number of ether oxygens (including phenoxy) is 3. The number of hydrogen-bond acceptors (Lipinski definition) is 10. The number of likely N-dealkylation sites (tertiary alicyclic amines) is 1. The van der Waals surface area contributed by atoms with Crippen molar-refractivity contribution in [3.63, 3.8) is 0 Å². The van der Waals surface area contributed by atoms with Crippen LogP contribution in [0, 0.1) is 5.92 Å². The van der Waals surface area contributed by atoms with E-state index in [-0.39, 0.29) is 18.9 Å². The third kappa shape index (κ3) is 8.61. The van der Waals surface area contributed by atoms with E-state index in [9.17, 15) is 19.2 Å². The number of amides is 3. The lowest BCUT2D eigenvalue weighted by atomic mass is 10.0. The fourth-order valence-electron chi connectivity index (χ4n) is 6.48. The second-order valence-electron chi connectivity index (χ2n) is 14.1. The molecule has 274 valence electrons. The number of imidazole rings is 1. The van der Waals surface area contributed by atoms with Gasteiger partial charge in [-0.05, 0) is 58.6 Å². The van der Waals surface area contributed by atoms with Crippen molar-refractivity contribution in [3.8, 4) is 16.5 Å². The van der Waals surface area contributed by atoms with E-state index >= 15 is 0 Å². The average molecular weight is 721 g/mol. The Labute approximate surface area is 302 Å². The molecule has 51 heavy (non-hydrogen) atoms. The summed E-state index contributed by atoms with van der Waals surface area (Å²) in [5.41, 5.74) is -1.30. The smallest absolute Gasteiger partial charge is 0.408 e. The molecule has 3 aromatic heterocycles. The predicted octanol–water partition coefficient (Wildman–Crippen LogP) is 5.31. The molecule has 0 spiro atoms. The van der Waals surface area contributed by atoms with Crippen LogP contribution in [0.25, 0.3) is 20.9 Å². The van der Waals surface area contributed by atoms with Gasteiger partial charge in [-0.3, -0.25) is 14.6 Å². The Bertz CT molecular complexity index is 1780. The first kappa shape index (κ1) is 37.5. The monoisotopic (exact) mass is 720 g/mol. The standard InChI is InChI=1S/C37H48N6O7S/c1-8-10-11-12-13-14-25(40-35(47)50-36(3,4)5)33(45)43-22-24(19-27(43)32(44)41-37(34(46)48-7)21-23(37)9-2)49-28-15-16-38-26-20-29(51-30(26)28)31-39-17-18-42(31)6/h8-9,15-18,20,23-25,27H,1-2,10-14,19,21-22H2,3-7H3,(H,40,47)(H,41,44). The van der Waals surface area contributed by atoms with Gasteiger partial charge < -0.3 is 34.3 Å². The lowest BCUT2D eigenvalue weighted by molar-refractivity contribution is -0.148. The highest BCUT2D eigenvalue weighted by molar-refractivity contribution is 7.22. The Morgan fingerprint density at radius 2 is 1.94 bits per heavy atom. The van der Waals surface area contributed by atoms with Gasteiger partial charge in [0.2, 0.25) is 11.8 Å². The zero-order valence-electron chi connectivity index (χ0n) is 30.0. The summed E-state index contributed by atoms with van der Waals surface area (Å²) in [7, 11) is 3.19. The molecule has 14 heteroatoms. The highest BCUT2D eigenvalue weighted by atomic mass is 32.1. The number of allylic oxidation sites excluding steroid dienone is 1. The van der Waals surface area contributed by atoms with E-state index in [1.807, 2.05) is 30.0 Å². The van der Waals surface area contributed by atoms with Gasteiger partial charge in [0.1, 0.15) is 40.9 Å². The molecule has 13 nitrogen and oxygen atoms in total. The molecule has 3 amide bonds. The van der Waals surface area contributed by atoms with E-state index in [0.717, 1.165) is 40.2 Å². The molecular formula is C37H48N6O7S. The number of unbranched alkanes of at least 4 members (excludes halogenated alkanes) is 3. The summed E-state index contributed by atoms with van der Waals surface area (Å²) in [6.45, 7) is 12.9. The normalized spacial score (nSPS) is 21.8. The summed E-state index contributed by atoms with van der Waals surface area (Å²) in [5, 5.41) is 5.66. The summed E-state index contributed by atoms with van der Waals surface area (Å²) in [6, 6.07) is 1.76. The van der Waals surface area contributed by atoms with Gasteiger partial charge in [-0.2, -0.15) is 0 Å². The molecule has 0 bridgehead atoms. The van der Waals surface area contributed by atoms with Crippen LogP contribution in [0.4, 0.5) is 4.79 Å². The van der Waals surface area contributed by atoms with Crippen molar-refractivity contribution in [2.24, 2.45) is 13.0 Å². The van der Waals surface area contributed by atoms with Crippen molar-refractivity contribution in [2.45, 2.75) is 95.0 Å². The molecule has 2 N–H and O–H groups in total.